The van der Waals surface area contributed by atoms with Crippen LogP contribution in [-0.2, 0) is 29.7 Å². The van der Waals surface area contributed by atoms with Crippen molar-refractivity contribution in [1.82, 2.24) is 25.1 Å². The topological polar surface area (TPSA) is 118 Å². The van der Waals surface area contributed by atoms with Gasteiger partial charge >= 0.3 is 0 Å². The summed E-state index contributed by atoms with van der Waals surface area (Å²) < 4.78 is 0. The number of nitrogens with two attached hydrogens (primary N) is 1. The summed E-state index contributed by atoms with van der Waals surface area (Å²) >= 11 is 0. The van der Waals surface area contributed by atoms with Gasteiger partial charge in [0.2, 0.25) is 5.91 Å². The predicted molar refractivity (Wildman–Crippen MR) is 169 cm³/mol. The molecule has 1 amide bonds. The molecule has 4 aromatic rings. The molecule has 8 heteroatoms. The van der Waals surface area contributed by atoms with Crippen LogP contribution in [0, 0.1) is 0 Å². The van der Waals surface area contributed by atoms with E-state index < -0.39 is 5.41 Å². The minimum Gasteiger partial charge on any atom is -0.327 e. The number of nitrogens with one attached hydrogen (secondary N) is 1. The second kappa shape index (κ2) is 11.9. The minimum absolute atomic E-state index is 0.0643. The lowest BCUT2D eigenvalue weighted by molar-refractivity contribution is -0.137. The summed E-state index contributed by atoms with van der Waals surface area (Å²) in [5.74, 6) is 0.0643. The van der Waals surface area contributed by atoms with Gasteiger partial charge in [0.05, 0.1) is 40.5 Å². The maximum atomic E-state index is 14.8. The Labute approximate surface area is 251 Å². The predicted octanol–water partition coefficient (Wildman–Crippen LogP) is 5.46. The molecule has 0 bridgehead atoms. The molecule has 3 aromatic heterocycles. The number of carbonyl (C=O) groups is 1. The van der Waals surface area contributed by atoms with Crippen molar-refractivity contribution in [3.05, 3.63) is 130 Å². The lowest BCUT2D eigenvalue weighted by Crippen LogP contribution is -2.43. The fraction of sp³-hybridized carbons (Fsp3) is 0.286. The van der Waals surface area contributed by atoms with Gasteiger partial charge in [-0.25, -0.2) is 5.10 Å². The first-order chi connectivity index (χ1) is 21.0. The van der Waals surface area contributed by atoms with Gasteiger partial charge in [0, 0.05) is 24.3 Å². The van der Waals surface area contributed by atoms with Crippen molar-refractivity contribution in [1.29, 1.82) is 0 Å². The van der Waals surface area contributed by atoms with Crippen LogP contribution < -0.4 is 11.3 Å². The molecule has 1 saturated carbocycles. The number of pyridine rings is 2. The highest BCUT2D eigenvalue weighted by Gasteiger charge is 2.54. The Morgan fingerprint density at radius 1 is 1.19 bits per heavy atom. The first-order valence-electron chi connectivity index (χ1n) is 14.9. The zero-order valence-electron chi connectivity index (χ0n) is 24.4. The molecule has 1 unspecified atom stereocenters. The van der Waals surface area contributed by atoms with Crippen LogP contribution in [0.5, 0.6) is 0 Å². The van der Waals surface area contributed by atoms with Crippen molar-refractivity contribution in [3.8, 4) is 0 Å². The molecule has 8 nitrogen and oxygen atoms in total. The van der Waals surface area contributed by atoms with Gasteiger partial charge in [0.1, 0.15) is 0 Å². The third kappa shape index (κ3) is 5.34. The summed E-state index contributed by atoms with van der Waals surface area (Å²) in [6, 6.07) is 13.6. The van der Waals surface area contributed by atoms with Gasteiger partial charge in [-0.05, 0) is 85.6 Å². The van der Waals surface area contributed by atoms with E-state index in [-0.39, 0.29) is 24.1 Å². The number of carbonyl (C=O) groups excluding carboxylic acids is 1. The maximum absolute atomic E-state index is 14.8. The van der Waals surface area contributed by atoms with Crippen LogP contribution in [0.2, 0.25) is 0 Å². The summed E-state index contributed by atoms with van der Waals surface area (Å²) in [6.45, 7) is 6.37. The first kappa shape index (κ1) is 28.4. The fourth-order valence-corrected chi connectivity index (χ4v) is 6.33. The highest BCUT2D eigenvalue weighted by molar-refractivity contribution is 5.94. The molecule has 1 aromatic carbocycles. The molecule has 0 aliphatic heterocycles. The Morgan fingerprint density at radius 2 is 2.05 bits per heavy atom. The Hall–Kier alpha value is -4.69. The lowest BCUT2D eigenvalue weighted by atomic mass is 9.87. The van der Waals surface area contributed by atoms with Crippen molar-refractivity contribution in [3.63, 3.8) is 0 Å². The van der Waals surface area contributed by atoms with E-state index in [0.29, 0.717) is 23.0 Å². The number of H-pyrrole nitrogens is 1. The van der Waals surface area contributed by atoms with Crippen molar-refractivity contribution in [2.45, 2.75) is 63.6 Å². The zero-order valence-corrected chi connectivity index (χ0v) is 24.4. The lowest BCUT2D eigenvalue weighted by Gasteiger charge is -2.37. The van der Waals surface area contributed by atoms with E-state index in [4.69, 9.17) is 15.7 Å². The summed E-state index contributed by atoms with van der Waals surface area (Å²) in [5.41, 5.74) is 11.5. The van der Waals surface area contributed by atoms with Gasteiger partial charge in [-0.2, -0.15) is 5.10 Å². The van der Waals surface area contributed by atoms with Crippen LogP contribution in [-0.4, -0.2) is 31.0 Å². The van der Waals surface area contributed by atoms with Crippen molar-refractivity contribution in [2.24, 2.45) is 5.73 Å². The van der Waals surface area contributed by atoms with Crippen LogP contribution in [0.15, 0.2) is 90.5 Å². The Kier molecular flexibility index (Phi) is 7.86. The normalized spacial score (nSPS) is 17.5. The number of amides is 1. The van der Waals surface area contributed by atoms with E-state index in [0.717, 1.165) is 60.2 Å². The highest BCUT2D eigenvalue weighted by Crippen LogP contribution is 2.52. The number of hydrogen-bond donors (Lipinski definition) is 2. The van der Waals surface area contributed by atoms with Crippen molar-refractivity contribution in [2.75, 3.05) is 0 Å². The molecular formula is C35H36N6O2. The number of aryl methyl sites for hydroxylation is 1. The Morgan fingerprint density at radius 3 is 2.77 bits per heavy atom. The van der Waals surface area contributed by atoms with E-state index in [9.17, 15) is 9.59 Å². The molecule has 3 N–H and O–H groups in total. The molecule has 6 rings (SSSR count). The fourth-order valence-electron chi connectivity index (χ4n) is 6.33. The van der Waals surface area contributed by atoms with Gasteiger partial charge in [0.25, 0.3) is 5.56 Å². The molecule has 43 heavy (non-hydrogen) atoms. The number of nitrogens with zero attached hydrogens (tertiary/aromatic N) is 4. The van der Waals surface area contributed by atoms with Gasteiger partial charge in [0.15, 0.2) is 0 Å². The molecule has 2 aliphatic carbocycles. The highest BCUT2D eigenvalue weighted by atomic mass is 16.2. The number of rotatable bonds is 9. The maximum Gasteiger partial charge on any atom is 0.272 e. The van der Waals surface area contributed by atoms with Gasteiger partial charge in [-0.15, -0.1) is 0 Å². The number of fused-ring (bicyclic) bond motifs is 2. The van der Waals surface area contributed by atoms with Gasteiger partial charge < -0.3 is 10.6 Å². The standard InChI is InChI=1S/C35H36N6O2/c1-3-7-23(8-4-2)25-12-14-27(38-21-25)22-41(31-11-5-9-24-10-6-18-37-32(24)31)34(43)35(16-17-35)26-13-15-28-29(19-26)30(20-36)39-40-33(28)42/h3-4,6-8,10,12-15,18-19,21,31H,1,5,9,11,16-17,20,22,36H2,2H3,(H,40,42)/b8-4-,23-7+. The largest absolute Gasteiger partial charge is 0.327 e. The van der Waals surface area contributed by atoms with Crippen molar-refractivity contribution < 1.29 is 4.79 Å². The molecule has 2 aliphatic rings. The zero-order chi connectivity index (χ0) is 30.0. The number of benzene rings is 1. The number of aromatic nitrogens is 4. The Balaban J connectivity index is 1.40. The molecule has 1 fully saturated rings. The van der Waals surface area contributed by atoms with E-state index in [1.165, 1.54) is 5.56 Å². The molecule has 218 valence electrons. The van der Waals surface area contributed by atoms with Gasteiger partial charge in [-0.3, -0.25) is 19.6 Å². The van der Waals surface area contributed by atoms with Crippen LogP contribution in [0.4, 0.5) is 0 Å². The van der Waals surface area contributed by atoms with E-state index >= 15 is 0 Å². The second-order valence-electron chi connectivity index (χ2n) is 11.3. The summed E-state index contributed by atoms with van der Waals surface area (Å²) in [5, 5.41) is 7.90. The quantitative estimate of drug-likeness (QED) is 0.257. The van der Waals surface area contributed by atoms with E-state index in [1.54, 1.807) is 12.1 Å². The van der Waals surface area contributed by atoms with Gasteiger partial charge in [-0.1, -0.05) is 49.1 Å². The van der Waals surface area contributed by atoms with E-state index in [2.05, 4.69) is 22.8 Å². The number of allylic oxidation sites excluding steroid dienone is 5. The minimum atomic E-state index is -0.680. The molecule has 0 spiro atoms. The molecule has 3 heterocycles. The smallest absolute Gasteiger partial charge is 0.272 e. The van der Waals surface area contributed by atoms with Crippen LogP contribution in [0.25, 0.3) is 16.3 Å². The van der Waals surface area contributed by atoms with Crippen LogP contribution in [0.3, 0.4) is 0 Å². The molecule has 0 radical (unpaired) electrons. The monoisotopic (exact) mass is 572 g/mol. The third-order valence-corrected chi connectivity index (χ3v) is 8.71. The molecule has 1 atom stereocenters. The average molecular weight is 573 g/mol. The summed E-state index contributed by atoms with van der Waals surface area (Å²) in [7, 11) is 0. The van der Waals surface area contributed by atoms with Crippen LogP contribution in [0.1, 0.15) is 72.4 Å². The van der Waals surface area contributed by atoms with E-state index in [1.807, 2.05) is 72.8 Å². The first-order valence-corrected chi connectivity index (χ1v) is 14.9. The summed E-state index contributed by atoms with van der Waals surface area (Å²) in [4.78, 5) is 38.8. The number of hydrogen-bond acceptors (Lipinski definition) is 6. The second-order valence-corrected chi connectivity index (χ2v) is 11.3. The third-order valence-electron chi connectivity index (χ3n) is 8.71. The molecule has 0 saturated heterocycles. The SMILES string of the molecule is C=C/C=C(\C=C/C)c1ccc(CN(C(=O)C2(c3ccc4c(=O)[nH]nc(CN)c4c3)CC2)C2CCCc3cccnc32)nc1. The summed E-state index contributed by atoms with van der Waals surface area (Å²) in [6.07, 6.45) is 15.6. The Bertz CT molecular complexity index is 1800. The molecular weight excluding hydrogens is 536 g/mol. The number of aromatic amines is 1. The average Bonchev–Trinajstić information content (AvgIpc) is 3.86. The van der Waals surface area contributed by atoms with Crippen LogP contribution >= 0.6 is 0 Å². The van der Waals surface area contributed by atoms with Crippen molar-refractivity contribution >= 4 is 22.3 Å².